The molecule has 1 N–H and O–H groups in total. The number of carbonyl (C=O) groups excluding carboxylic acids is 1. The van der Waals surface area contributed by atoms with Crippen molar-refractivity contribution < 1.29 is 14.3 Å². The van der Waals surface area contributed by atoms with Gasteiger partial charge in [-0.3, -0.25) is 4.79 Å². The maximum atomic E-state index is 11.9. The van der Waals surface area contributed by atoms with Gasteiger partial charge in [-0.05, 0) is 38.3 Å². The summed E-state index contributed by atoms with van der Waals surface area (Å²) < 4.78 is 12.6. The van der Waals surface area contributed by atoms with E-state index in [4.69, 9.17) is 21.3 Å². The van der Waals surface area contributed by atoms with Crippen molar-refractivity contribution in [2.45, 2.75) is 32.4 Å². The number of benzene rings is 1. The van der Waals surface area contributed by atoms with Crippen molar-refractivity contribution in [1.82, 2.24) is 9.84 Å². The summed E-state index contributed by atoms with van der Waals surface area (Å²) in [7, 11) is 0. The third kappa shape index (κ3) is 3.76. The molecule has 6 nitrogen and oxygen atoms in total. The molecule has 1 aromatic carbocycles. The molecule has 1 atom stereocenters. The topological polar surface area (TPSA) is 63.2 Å². The molecule has 1 amide bonds. The van der Waals surface area contributed by atoms with Gasteiger partial charge in [-0.2, -0.15) is 9.63 Å². The van der Waals surface area contributed by atoms with E-state index in [1.807, 2.05) is 19.1 Å². The predicted octanol–water partition coefficient (Wildman–Crippen LogP) is 2.52. The molecule has 3 rings (SSSR count). The summed E-state index contributed by atoms with van der Waals surface area (Å²) in [5.41, 5.74) is 2.14. The number of hydrazone groups is 1. The second-order valence-electron chi connectivity index (χ2n) is 5.61. The normalized spacial score (nSPS) is 21.7. The molecule has 1 fully saturated rings. The lowest BCUT2D eigenvalue weighted by Gasteiger charge is -2.27. The van der Waals surface area contributed by atoms with Crippen LogP contribution in [0.2, 0.25) is 0 Å². The molecule has 7 heteroatoms. The Hall–Kier alpha value is -1.79. The van der Waals surface area contributed by atoms with Crippen LogP contribution >= 0.6 is 11.8 Å². The Morgan fingerprint density at radius 2 is 2.26 bits per heavy atom. The Morgan fingerprint density at radius 3 is 3.04 bits per heavy atom. The number of rotatable bonds is 3. The summed E-state index contributed by atoms with van der Waals surface area (Å²) >= 11 is 6.22. The standard InChI is InChI=1S/C16H20ClN3O3/c1-11(19-20(17)15-4-2-3-8-23-15)12-5-6-13-14(10-12)22-9-7-18-16(13)21/h5-6,10,15H,2-4,7-9H2,1H3,(H,18,21)/b19-11+. The van der Waals surface area contributed by atoms with Gasteiger partial charge in [0.25, 0.3) is 5.91 Å². The number of carbonyl (C=O) groups is 1. The molecule has 1 saturated heterocycles. The highest BCUT2D eigenvalue weighted by Gasteiger charge is 2.20. The van der Waals surface area contributed by atoms with Crippen LogP contribution in [0.25, 0.3) is 0 Å². The van der Waals surface area contributed by atoms with Crippen LogP contribution in [0.1, 0.15) is 42.1 Å². The first kappa shape index (κ1) is 16.1. The number of hydrogen-bond donors (Lipinski definition) is 1. The van der Waals surface area contributed by atoms with Gasteiger partial charge >= 0.3 is 0 Å². The molecule has 2 aliphatic heterocycles. The van der Waals surface area contributed by atoms with Gasteiger partial charge in [-0.1, -0.05) is 6.07 Å². The summed E-state index contributed by atoms with van der Waals surface area (Å²) in [6.45, 7) is 3.54. The number of amides is 1. The molecule has 2 aliphatic rings. The van der Waals surface area contributed by atoms with E-state index in [1.54, 1.807) is 6.07 Å². The van der Waals surface area contributed by atoms with E-state index in [1.165, 1.54) is 4.53 Å². The van der Waals surface area contributed by atoms with E-state index < -0.39 is 0 Å². The van der Waals surface area contributed by atoms with Gasteiger partial charge in [0.1, 0.15) is 12.4 Å². The lowest BCUT2D eigenvalue weighted by atomic mass is 10.1. The molecule has 0 radical (unpaired) electrons. The predicted molar refractivity (Wildman–Crippen MR) is 87.8 cm³/mol. The van der Waals surface area contributed by atoms with E-state index in [-0.39, 0.29) is 12.1 Å². The van der Waals surface area contributed by atoms with Gasteiger partial charge < -0.3 is 14.8 Å². The molecule has 0 aliphatic carbocycles. The van der Waals surface area contributed by atoms with Crippen molar-refractivity contribution in [3.8, 4) is 5.75 Å². The Kier molecular flexibility index (Phi) is 5.03. The van der Waals surface area contributed by atoms with E-state index in [0.29, 0.717) is 31.1 Å². The van der Waals surface area contributed by atoms with Crippen molar-refractivity contribution in [2.24, 2.45) is 5.10 Å². The van der Waals surface area contributed by atoms with Crippen LogP contribution in [-0.2, 0) is 4.74 Å². The molecule has 0 saturated carbocycles. The minimum atomic E-state index is -0.191. The molecule has 0 aromatic heterocycles. The van der Waals surface area contributed by atoms with Crippen LogP contribution in [-0.4, -0.2) is 42.1 Å². The fraction of sp³-hybridized carbons (Fsp3) is 0.500. The third-order valence-corrected chi connectivity index (χ3v) is 4.22. The molecule has 1 unspecified atom stereocenters. The van der Waals surface area contributed by atoms with Crippen molar-refractivity contribution in [3.63, 3.8) is 0 Å². The molecule has 23 heavy (non-hydrogen) atoms. The second-order valence-corrected chi connectivity index (χ2v) is 5.96. The summed E-state index contributed by atoms with van der Waals surface area (Å²) in [5.74, 6) is 0.454. The molecular weight excluding hydrogens is 318 g/mol. The average Bonchev–Trinajstić information content (AvgIpc) is 2.77. The molecule has 1 aromatic rings. The number of hydrogen-bond acceptors (Lipinski definition) is 5. The first-order valence-electron chi connectivity index (χ1n) is 7.82. The van der Waals surface area contributed by atoms with E-state index in [9.17, 15) is 4.79 Å². The molecular formula is C16H20ClN3O3. The summed E-state index contributed by atoms with van der Waals surface area (Å²) in [6.07, 6.45) is 2.83. The number of fused-ring (bicyclic) bond motifs is 1. The molecule has 124 valence electrons. The van der Waals surface area contributed by atoms with Crippen LogP contribution in [0.3, 0.4) is 0 Å². The highest BCUT2D eigenvalue weighted by Crippen LogP contribution is 2.24. The van der Waals surface area contributed by atoms with Crippen LogP contribution in [0.4, 0.5) is 0 Å². The van der Waals surface area contributed by atoms with E-state index in [2.05, 4.69) is 10.4 Å². The van der Waals surface area contributed by atoms with Crippen molar-refractivity contribution >= 4 is 23.4 Å². The zero-order chi connectivity index (χ0) is 16.2. The van der Waals surface area contributed by atoms with Gasteiger partial charge in [0.05, 0.1) is 17.8 Å². The maximum Gasteiger partial charge on any atom is 0.255 e. The summed E-state index contributed by atoms with van der Waals surface area (Å²) in [4.78, 5) is 11.9. The lowest BCUT2D eigenvalue weighted by Crippen LogP contribution is -2.30. The van der Waals surface area contributed by atoms with Gasteiger partial charge in [0.15, 0.2) is 6.23 Å². The lowest BCUT2D eigenvalue weighted by molar-refractivity contribution is -0.0487. The van der Waals surface area contributed by atoms with Crippen LogP contribution < -0.4 is 10.1 Å². The fourth-order valence-electron chi connectivity index (χ4n) is 2.63. The number of nitrogens with zero attached hydrogens (tertiary/aromatic N) is 2. The molecule has 0 bridgehead atoms. The SMILES string of the molecule is C/C(=N\N(Cl)C1CCCCO1)c1ccc2c(c1)OCCNC2=O. The second kappa shape index (κ2) is 7.19. The zero-order valence-electron chi connectivity index (χ0n) is 13.0. The van der Waals surface area contributed by atoms with Crippen molar-refractivity contribution in [3.05, 3.63) is 29.3 Å². The number of nitrogens with one attached hydrogen (secondary N) is 1. The monoisotopic (exact) mass is 337 g/mol. The Balaban J connectivity index is 1.79. The zero-order valence-corrected chi connectivity index (χ0v) is 13.8. The Bertz CT molecular complexity index is 615. The Labute approximate surface area is 140 Å². The molecule has 2 heterocycles. The molecule has 0 spiro atoms. The highest BCUT2D eigenvalue weighted by molar-refractivity contribution is 6.14. The summed E-state index contributed by atoms with van der Waals surface area (Å²) in [5, 5.41) is 7.18. The average molecular weight is 338 g/mol. The fourth-order valence-corrected chi connectivity index (χ4v) is 2.90. The van der Waals surface area contributed by atoms with Crippen LogP contribution in [0.15, 0.2) is 23.3 Å². The maximum absolute atomic E-state index is 11.9. The largest absolute Gasteiger partial charge is 0.491 e. The summed E-state index contributed by atoms with van der Waals surface area (Å²) in [6, 6.07) is 5.42. The highest BCUT2D eigenvalue weighted by atomic mass is 35.5. The Morgan fingerprint density at radius 1 is 1.39 bits per heavy atom. The van der Waals surface area contributed by atoms with Crippen molar-refractivity contribution in [2.75, 3.05) is 19.8 Å². The number of halogens is 1. The smallest absolute Gasteiger partial charge is 0.255 e. The first-order valence-corrected chi connectivity index (χ1v) is 8.16. The minimum Gasteiger partial charge on any atom is -0.491 e. The third-order valence-electron chi connectivity index (χ3n) is 3.93. The van der Waals surface area contributed by atoms with Crippen molar-refractivity contribution in [1.29, 1.82) is 0 Å². The number of ether oxygens (including phenoxy) is 2. The van der Waals surface area contributed by atoms with Gasteiger partial charge in [0.2, 0.25) is 0 Å². The van der Waals surface area contributed by atoms with Crippen LogP contribution in [0.5, 0.6) is 5.75 Å². The van der Waals surface area contributed by atoms with Gasteiger partial charge in [0, 0.05) is 23.9 Å². The van der Waals surface area contributed by atoms with E-state index >= 15 is 0 Å². The minimum absolute atomic E-state index is 0.117. The van der Waals surface area contributed by atoms with Crippen LogP contribution in [0, 0.1) is 0 Å². The van der Waals surface area contributed by atoms with Gasteiger partial charge in [-0.15, -0.1) is 0 Å². The quantitative estimate of drug-likeness (QED) is 0.523. The first-order chi connectivity index (χ1) is 11.1. The van der Waals surface area contributed by atoms with E-state index in [0.717, 1.165) is 30.5 Å². The van der Waals surface area contributed by atoms with Gasteiger partial charge in [-0.25, -0.2) is 0 Å².